The summed E-state index contributed by atoms with van der Waals surface area (Å²) in [6, 6.07) is -1.01. The summed E-state index contributed by atoms with van der Waals surface area (Å²) in [5.74, 6) is -0.605. The standard InChI is InChI=1S/C44H81NO5/c1-3-5-7-9-11-13-14-15-16-17-18-19-20-21-22-23-24-25-26-27-28-29-30-32-34-36-38-42(48)44(50)45-40(39-46)43(49)41(47)37-35-33-31-12-10-8-6-4-2/h4,6,12,18-19,21-22,31,40-43,46-49H,3,5,7-11,13-17,20,23-30,32-39H2,1-2H3,(H,45,50)/b6-4+,19-18-,22-21-,31-12+. The van der Waals surface area contributed by atoms with Gasteiger partial charge in [0, 0.05) is 0 Å². The summed E-state index contributed by atoms with van der Waals surface area (Å²) in [6.07, 6.45) is 46.1. The van der Waals surface area contributed by atoms with Crippen LogP contribution in [0, 0.1) is 0 Å². The monoisotopic (exact) mass is 704 g/mol. The van der Waals surface area contributed by atoms with E-state index in [1.165, 1.54) is 116 Å². The summed E-state index contributed by atoms with van der Waals surface area (Å²) in [7, 11) is 0. The zero-order valence-corrected chi connectivity index (χ0v) is 32.6. The topological polar surface area (TPSA) is 110 Å². The molecule has 0 spiro atoms. The van der Waals surface area contributed by atoms with Crippen molar-refractivity contribution in [2.24, 2.45) is 0 Å². The molecule has 0 fully saturated rings. The third-order valence-corrected chi connectivity index (χ3v) is 9.58. The normalized spacial score (nSPS) is 14.8. The largest absolute Gasteiger partial charge is 0.394 e. The Labute approximate surface area is 309 Å². The van der Waals surface area contributed by atoms with Crippen LogP contribution in [0.5, 0.6) is 0 Å². The molecule has 4 unspecified atom stereocenters. The van der Waals surface area contributed by atoms with E-state index < -0.39 is 36.9 Å². The molecule has 0 radical (unpaired) electrons. The SMILES string of the molecule is C/C=C/CC/C=C/CCCC(O)C(O)C(CO)NC(=O)C(O)CCCCCCCCCCCC/C=C\C/C=C\CCCCCCCCCCC. The molecule has 0 aromatic rings. The van der Waals surface area contributed by atoms with E-state index in [0.717, 1.165) is 44.9 Å². The van der Waals surface area contributed by atoms with Crippen molar-refractivity contribution in [3.8, 4) is 0 Å². The second-order valence-electron chi connectivity index (χ2n) is 14.3. The van der Waals surface area contributed by atoms with E-state index >= 15 is 0 Å². The van der Waals surface area contributed by atoms with Gasteiger partial charge in [0.2, 0.25) is 5.91 Å². The van der Waals surface area contributed by atoms with Crippen molar-refractivity contribution < 1.29 is 25.2 Å². The van der Waals surface area contributed by atoms with Crippen LogP contribution in [-0.4, -0.2) is 57.3 Å². The van der Waals surface area contributed by atoms with Crippen LogP contribution in [0.4, 0.5) is 0 Å². The second kappa shape index (κ2) is 38.5. The van der Waals surface area contributed by atoms with Crippen LogP contribution in [0.3, 0.4) is 0 Å². The fourth-order valence-electron chi connectivity index (χ4n) is 6.22. The Bertz CT molecular complexity index is 838. The highest BCUT2D eigenvalue weighted by Gasteiger charge is 2.28. The van der Waals surface area contributed by atoms with Gasteiger partial charge in [0.05, 0.1) is 18.8 Å². The smallest absolute Gasteiger partial charge is 0.249 e. The summed E-state index contributed by atoms with van der Waals surface area (Å²) < 4.78 is 0. The molecule has 0 aliphatic carbocycles. The van der Waals surface area contributed by atoms with Crippen LogP contribution in [0.15, 0.2) is 48.6 Å². The van der Waals surface area contributed by atoms with Crippen molar-refractivity contribution in [2.45, 2.75) is 218 Å². The molecule has 5 N–H and O–H groups in total. The van der Waals surface area contributed by atoms with Crippen molar-refractivity contribution >= 4 is 5.91 Å². The number of carbonyl (C=O) groups is 1. The van der Waals surface area contributed by atoms with Gasteiger partial charge < -0.3 is 25.7 Å². The van der Waals surface area contributed by atoms with Crippen molar-refractivity contribution in [2.75, 3.05) is 6.61 Å². The minimum Gasteiger partial charge on any atom is -0.394 e. The van der Waals surface area contributed by atoms with E-state index in [1.807, 2.05) is 13.0 Å². The number of aliphatic hydroxyl groups is 4. The van der Waals surface area contributed by atoms with Gasteiger partial charge in [-0.05, 0) is 77.6 Å². The minimum absolute atomic E-state index is 0.354. The number of hydrogen-bond donors (Lipinski definition) is 5. The highest BCUT2D eigenvalue weighted by Crippen LogP contribution is 2.15. The van der Waals surface area contributed by atoms with E-state index in [4.69, 9.17) is 0 Å². The van der Waals surface area contributed by atoms with Gasteiger partial charge in [-0.25, -0.2) is 0 Å². The number of carbonyl (C=O) groups excluding carboxylic acids is 1. The van der Waals surface area contributed by atoms with Crippen molar-refractivity contribution in [1.82, 2.24) is 5.32 Å². The highest BCUT2D eigenvalue weighted by atomic mass is 16.3. The van der Waals surface area contributed by atoms with E-state index in [2.05, 4.69) is 54.8 Å². The fraction of sp³-hybridized carbons (Fsp3) is 0.795. The lowest BCUT2D eigenvalue weighted by Crippen LogP contribution is -2.53. The summed E-state index contributed by atoms with van der Waals surface area (Å²) in [6.45, 7) is 3.78. The molecule has 0 saturated carbocycles. The molecule has 0 bridgehead atoms. The third-order valence-electron chi connectivity index (χ3n) is 9.58. The van der Waals surface area contributed by atoms with Gasteiger partial charge >= 0.3 is 0 Å². The lowest BCUT2D eigenvalue weighted by Gasteiger charge is -2.27. The zero-order chi connectivity index (χ0) is 36.8. The molecule has 0 heterocycles. The lowest BCUT2D eigenvalue weighted by atomic mass is 10.00. The zero-order valence-electron chi connectivity index (χ0n) is 32.6. The molecule has 6 nitrogen and oxygen atoms in total. The van der Waals surface area contributed by atoms with Crippen LogP contribution in [0.25, 0.3) is 0 Å². The van der Waals surface area contributed by atoms with Crippen LogP contribution < -0.4 is 5.32 Å². The molecule has 4 atom stereocenters. The Balaban J connectivity index is 3.68. The maximum Gasteiger partial charge on any atom is 0.249 e. The van der Waals surface area contributed by atoms with E-state index in [9.17, 15) is 25.2 Å². The Hall–Kier alpha value is -1.73. The molecule has 0 aliphatic rings. The first kappa shape index (κ1) is 48.3. The van der Waals surface area contributed by atoms with Crippen LogP contribution in [0.2, 0.25) is 0 Å². The first-order valence-electron chi connectivity index (χ1n) is 21.0. The summed E-state index contributed by atoms with van der Waals surface area (Å²) in [4.78, 5) is 12.4. The van der Waals surface area contributed by atoms with Crippen LogP contribution >= 0.6 is 0 Å². The summed E-state index contributed by atoms with van der Waals surface area (Å²) in [5, 5.41) is 43.3. The van der Waals surface area contributed by atoms with Crippen molar-refractivity contribution in [3.63, 3.8) is 0 Å². The van der Waals surface area contributed by atoms with E-state index in [-0.39, 0.29) is 0 Å². The Morgan fingerprint density at radius 2 is 0.980 bits per heavy atom. The molecule has 50 heavy (non-hydrogen) atoms. The Morgan fingerprint density at radius 3 is 1.50 bits per heavy atom. The number of aliphatic hydroxyl groups excluding tert-OH is 4. The predicted octanol–water partition coefficient (Wildman–Crippen LogP) is 10.7. The predicted molar refractivity (Wildman–Crippen MR) is 214 cm³/mol. The first-order valence-corrected chi connectivity index (χ1v) is 21.0. The summed E-state index contributed by atoms with van der Waals surface area (Å²) >= 11 is 0. The molecule has 292 valence electrons. The van der Waals surface area contributed by atoms with Gasteiger partial charge in [0.1, 0.15) is 12.2 Å². The van der Waals surface area contributed by atoms with Gasteiger partial charge in [-0.15, -0.1) is 0 Å². The summed E-state index contributed by atoms with van der Waals surface area (Å²) in [5.41, 5.74) is 0. The third kappa shape index (κ3) is 32.2. The molecule has 1 amide bonds. The van der Waals surface area contributed by atoms with Crippen molar-refractivity contribution in [1.29, 1.82) is 0 Å². The molecular formula is C44H81NO5. The quantitative estimate of drug-likeness (QED) is 0.0327. The second-order valence-corrected chi connectivity index (χ2v) is 14.3. The number of hydrogen-bond acceptors (Lipinski definition) is 5. The molecule has 0 aromatic carbocycles. The number of allylic oxidation sites excluding steroid dienone is 8. The van der Waals surface area contributed by atoms with E-state index in [1.54, 1.807) is 0 Å². The molecule has 0 saturated heterocycles. The molecule has 0 rings (SSSR count). The van der Waals surface area contributed by atoms with Gasteiger partial charge in [0.25, 0.3) is 0 Å². The number of amides is 1. The average Bonchev–Trinajstić information content (AvgIpc) is 3.12. The minimum atomic E-state index is -1.29. The molecule has 0 aromatic heterocycles. The Kier molecular flexibility index (Phi) is 37.2. The maximum absolute atomic E-state index is 12.4. The Morgan fingerprint density at radius 1 is 0.540 bits per heavy atom. The van der Waals surface area contributed by atoms with Crippen LogP contribution in [0.1, 0.15) is 194 Å². The van der Waals surface area contributed by atoms with Gasteiger partial charge in [-0.1, -0.05) is 165 Å². The number of nitrogens with one attached hydrogen (secondary N) is 1. The van der Waals surface area contributed by atoms with Crippen LogP contribution in [-0.2, 0) is 4.79 Å². The molecule has 0 aliphatic heterocycles. The highest BCUT2D eigenvalue weighted by molar-refractivity contribution is 5.80. The molecular weight excluding hydrogens is 622 g/mol. The average molecular weight is 704 g/mol. The fourth-order valence-corrected chi connectivity index (χ4v) is 6.22. The molecule has 6 heteroatoms. The van der Waals surface area contributed by atoms with E-state index in [0.29, 0.717) is 19.3 Å². The van der Waals surface area contributed by atoms with Gasteiger partial charge in [0.15, 0.2) is 0 Å². The van der Waals surface area contributed by atoms with Gasteiger partial charge in [-0.3, -0.25) is 4.79 Å². The van der Waals surface area contributed by atoms with Gasteiger partial charge in [-0.2, -0.15) is 0 Å². The number of rotatable bonds is 37. The maximum atomic E-state index is 12.4. The first-order chi connectivity index (χ1) is 24.5. The van der Waals surface area contributed by atoms with Crippen molar-refractivity contribution in [3.05, 3.63) is 48.6 Å². The lowest BCUT2D eigenvalue weighted by molar-refractivity contribution is -0.132. The number of unbranched alkanes of at least 4 members (excludes halogenated alkanes) is 21.